The van der Waals surface area contributed by atoms with E-state index in [9.17, 15) is 35.5 Å². The van der Waals surface area contributed by atoms with Gasteiger partial charge in [-0.15, -0.1) is 0 Å². The molecular formula is C11H8F7NO. The van der Waals surface area contributed by atoms with Crippen molar-refractivity contribution >= 4 is 5.91 Å². The Balaban J connectivity index is 3.06. The summed E-state index contributed by atoms with van der Waals surface area (Å²) < 4.78 is 86.5. The van der Waals surface area contributed by atoms with Crippen LogP contribution in [0.3, 0.4) is 0 Å². The minimum absolute atomic E-state index is 0.185. The van der Waals surface area contributed by atoms with E-state index in [1.54, 1.807) is 0 Å². The van der Waals surface area contributed by atoms with E-state index in [0.29, 0.717) is 12.1 Å². The number of benzene rings is 1. The molecule has 1 aromatic rings. The molecular weight excluding hydrogens is 295 g/mol. The lowest BCUT2D eigenvalue weighted by molar-refractivity contribution is -0.140. The maximum absolute atomic E-state index is 13.0. The lowest BCUT2D eigenvalue weighted by atomic mass is 10.1. The summed E-state index contributed by atoms with van der Waals surface area (Å²) in [6.07, 6.45) is -9.72. The van der Waals surface area contributed by atoms with E-state index < -0.39 is 41.7 Å². The van der Waals surface area contributed by atoms with E-state index in [-0.39, 0.29) is 11.0 Å². The number of carbonyl (C=O) groups is 1. The molecule has 0 radical (unpaired) electrons. The molecule has 0 atom stereocenters. The standard InChI is InChI=1S/C11H8F7NO/c1-19(5-10(13,14)15)9(20)6-2-3-8(12)7(4-6)11(16,17)18/h2-4H,5H2,1H3. The largest absolute Gasteiger partial charge is 0.419 e. The van der Waals surface area contributed by atoms with Gasteiger partial charge in [-0.3, -0.25) is 4.79 Å². The smallest absolute Gasteiger partial charge is 0.333 e. The van der Waals surface area contributed by atoms with Gasteiger partial charge in [-0.1, -0.05) is 0 Å². The second kappa shape index (κ2) is 5.29. The molecule has 0 aliphatic rings. The molecule has 0 bridgehead atoms. The first-order chi connectivity index (χ1) is 8.92. The Morgan fingerprint density at radius 2 is 1.70 bits per heavy atom. The third-order valence-corrected chi connectivity index (χ3v) is 2.28. The fourth-order valence-corrected chi connectivity index (χ4v) is 1.44. The number of hydrogen-bond acceptors (Lipinski definition) is 1. The summed E-state index contributed by atoms with van der Waals surface area (Å²) >= 11 is 0. The molecule has 0 aliphatic heterocycles. The summed E-state index contributed by atoms with van der Waals surface area (Å²) in [4.78, 5) is 11.8. The van der Waals surface area contributed by atoms with Gasteiger partial charge < -0.3 is 4.90 Å². The second-order valence-electron chi connectivity index (χ2n) is 3.97. The minimum Gasteiger partial charge on any atom is -0.333 e. The molecule has 1 rings (SSSR count). The highest BCUT2D eigenvalue weighted by molar-refractivity contribution is 5.94. The van der Waals surface area contributed by atoms with Gasteiger partial charge in [0.1, 0.15) is 12.4 Å². The summed E-state index contributed by atoms with van der Waals surface area (Å²) in [5.74, 6) is -2.89. The molecule has 112 valence electrons. The maximum atomic E-state index is 13.0. The van der Waals surface area contributed by atoms with E-state index in [0.717, 1.165) is 7.05 Å². The fraction of sp³-hybridized carbons (Fsp3) is 0.364. The molecule has 0 aliphatic carbocycles. The lowest BCUT2D eigenvalue weighted by Crippen LogP contribution is -2.36. The van der Waals surface area contributed by atoms with E-state index in [1.165, 1.54) is 0 Å². The second-order valence-corrected chi connectivity index (χ2v) is 3.97. The van der Waals surface area contributed by atoms with Gasteiger partial charge in [0.2, 0.25) is 0 Å². The Morgan fingerprint density at radius 1 is 1.15 bits per heavy atom. The first-order valence-electron chi connectivity index (χ1n) is 5.11. The number of amides is 1. The Labute approximate surface area is 108 Å². The molecule has 0 aromatic heterocycles. The zero-order valence-electron chi connectivity index (χ0n) is 9.94. The zero-order chi connectivity index (χ0) is 15.7. The van der Waals surface area contributed by atoms with Gasteiger partial charge in [0.15, 0.2) is 0 Å². The molecule has 1 aromatic carbocycles. The Hall–Kier alpha value is -1.80. The monoisotopic (exact) mass is 303 g/mol. The van der Waals surface area contributed by atoms with Crippen LogP contribution in [0.4, 0.5) is 30.7 Å². The van der Waals surface area contributed by atoms with Gasteiger partial charge in [-0.2, -0.15) is 26.3 Å². The van der Waals surface area contributed by atoms with Crippen LogP contribution in [0.1, 0.15) is 15.9 Å². The third kappa shape index (κ3) is 4.10. The van der Waals surface area contributed by atoms with Crippen molar-refractivity contribution in [2.24, 2.45) is 0 Å². The van der Waals surface area contributed by atoms with Crippen LogP contribution >= 0.6 is 0 Å². The number of nitrogens with zero attached hydrogens (tertiary/aromatic N) is 1. The molecule has 0 fully saturated rings. The summed E-state index contributed by atoms with van der Waals surface area (Å²) in [7, 11) is 0.784. The first-order valence-corrected chi connectivity index (χ1v) is 5.11. The van der Waals surface area contributed by atoms with Crippen molar-refractivity contribution in [2.45, 2.75) is 12.4 Å². The van der Waals surface area contributed by atoms with Crippen LogP contribution in [0.25, 0.3) is 0 Å². The van der Waals surface area contributed by atoms with Gasteiger partial charge in [0, 0.05) is 12.6 Å². The highest BCUT2D eigenvalue weighted by atomic mass is 19.4. The van der Waals surface area contributed by atoms with Gasteiger partial charge in [-0.05, 0) is 18.2 Å². The van der Waals surface area contributed by atoms with Gasteiger partial charge >= 0.3 is 12.4 Å². The zero-order valence-corrected chi connectivity index (χ0v) is 9.94. The Kier molecular flexibility index (Phi) is 4.30. The molecule has 0 saturated carbocycles. The molecule has 0 spiro atoms. The Morgan fingerprint density at radius 3 is 2.15 bits per heavy atom. The normalized spacial score (nSPS) is 12.4. The number of rotatable bonds is 2. The van der Waals surface area contributed by atoms with Crippen molar-refractivity contribution in [3.05, 3.63) is 35.1 Å². The van der Waals surface area contributed by atoms with Crippen molar-refractivity contribution in [3.8, 4) is 0 Å². The predicted octanol–water partition coefficient (Wildman–Crippen LogP) is 3.48. The van der Waals surface area contributed by atoms with E-state index >= 15 is 0 Å². The first kappa shape index (κ1) is 16.3. The van der Waals surface area contributed by atoms with Gasteiger partial charge in [0.05, 0.1) is 5.56 Å². The number of carbonyl (C=O) groups excluding carboxylic acids is 1. The molecule has 1 amide bonds. The molecule has 0 unspecified atom stereocenters. The van der Waals surface area contributed by atoms with Crippen molar-refractivity contribution in [2.75, 3.05) is 13.6 Å². The predicted molar refractivity (Wildman–Crippen MR) is 54.4 cm³/mol. The summed E-state index contributed by atoms with van der Waals surface area (Å²) in [5, 5.41) is 0. The van der Waals surface area contributed by atoms with Crippen LogP contribution in [-0.4, -0.2) is 30.6 Å². The Bertz CT molecular complexity index is 506. The molecule has 0 N–H and O–H groups in total. The summed E-state index contributed by atoms with van der Waals surface area (Å²) in [5.41, 5.74) is -2.38. The van der Waals surface area contributed by atoms with Crippen LogP contribution in [0, 0.1) is 5.82 Å². The van der Waals surface area contributed by atoms with Gasteiger partial charge in [-0.25, -0.2) is 4.39 Å². The van der Waals surface area contributed by atoms with Crippen LogP contribution in [0.2, 0.25) is 0 Å². The average molecular weight is 303 g/mol. The lowest BCUT2D eigenvalue weighted by Gasteiger charge is -2.19. The molecule has 9 heteroatoms. The number of alkyl halides is 6. The topological polar surface area (TPSA) is 20.3 Å². The average Bonchev–Trinajstić information content (AvgIpc) is 2.24. The van der Waals surface area contributed by atoms with Crippen molar-refractivity contribution in [3.63, 3.8) is 0 Å². The maximum Gasteiger partial charge on any atom is 0.419 e. The van der Waals surface area contributed by atoms with Gasteiger partial charge in [0.25, 0.3) is 5.91 Å². The highest BCUT2D eigenvalue weighted by Gasteiger charge is 2.36. The quantitative estimate of drug-likeness (QED) is 0.766. The molecule has 0 saturated heterocycles. The highest BCUT2D eigenvalue weighted by Crippen LogP contribution is 2.32. The van der Waals surface area contributed by atoms with E-state index in [4.69, 9.17) is 0 Å². The van der Waals surface area contributed by atoms with Crippen molar-refractivity contribution < 1.29 is 35.5 Å². The minimum atomic E-state index is -5.04. The third-order valence-electron chi connectivity index (χ3n) is 2.28. The molecule has 0 heterocycles. The van der Waals surface area contributed by atoms with E-state index in [2.05, 4.69) is 0 Å². The summed E-state index contributed by atoms with van der Waals surface area (Å²) in [6, 6.07) is 1.27. The molecule has 20 heavy (non-hydrogen) atoms. The summed E-state index contributed by atoms with van der Waals surface area (Å²) in [6.45, 7) is -1.62. The number of hydrogen-bond donors (Lipinski definition) is 0. The van der Waals surface area contributed by atoms with Crippen LogP contribution < -0.4 is 0 Å². The fourth-order valence-electron chi connectivity index (χ4n) is 1.44. The van der Waals surface area contributed by atoms with Crippen molar-refractivity contribution in [1.29, 1.82) is 0 Å². The van der Waals surface area contributed by atoms with Crippen LogP contribution in [0.15, 0.2) is 18.2 Å². The van der Waals surface area contributed by atoms with Crippen molar-refractivity contribution in [1.82, 2.24) is 4.90 Å². The molecule has 2 nitrogen and oxygen atoms in total. The SMILES string of the molecule is CN(CC(F)(F)F)C(=O)c1ccc(F)c(C(F)(F)F)c1. The van der Waals surface area contributed by atoms with E-state index in [1.807, 2.05) is 0 Å². The number of halogens is 7. The van der Waals surface area contributed by atoms with Crippen LogP contribution in [0.5, 0.6) is 0 Å². The van der Waals surface area contributed by atoms with Crippen LogP contribution in [-0.2, 0) is 6.18 Å².